The maximum Gasteiger partial charge on any atom is 0.222 e. The van der Waals surface area contributed by atoms with Gasteiger partial charge in [-0.25, -0.2) is 4.39 Å². The maximum atomic E-state index is 13.2. The van der Waals surface area contributed by atoms with Crippen LogP contribution in [0.5, 0.6) is 0 Å². The van der Waals surface area contributed by atoms with Crippen LogP contribution < -0.4 is 5.32 Å². The minimum absolute atomic E-state index is 0.0289. The van der Waals surface area contributed by atoms with Crippen molar-refractivity contribution in [3.05, 3.63) is 35.1 Å². The summed E-state index contributed by atoms with van der Waals surface area (Å²) < 4.78 is 18.6. The molecular weight excluding hydrogens is 249 g/mol. The van der Waals surface area contributed by atoms with Crippen LogP contribution in [0.4, 0.5) is 4.39 Å². The fourth-order valence-corrected chi connectivity index (χ4v) is 2.14. The minimum Gasteiger partial charge on any atom is -0.392 e. The van der Waals surface area contributed by atoms with Gasteiger partial charge in [-0.2, -0.15) is 0 Å². The SMILES string of the molecule is O=C(CC1CCCO1)NCc1ccc(F)c(CO)c1. The average molecular weight is 267 g/mol. The van der Waals surface area contributed by atoms with Crippen LogP contribution in [0, 0.1) is 5.82 Å². The van der Waals surface area contributed by atoms with E-state index < -0.39 is 5.82 Å². The van der Waals surface area contributed by atoms with Gasteiger partial charge in [-0.3, -0.25) is 4.79 Å². The van der Waals surface area contributed by atoms with Crippen molar-refractivity contribution in [1.29, 1.82) is 0 Å². The molecule has 1 aromatic carbocycles. The third-order valence-electron chi connectivity index (χ3n) is 3.21. The van der Waals surface area contributed by atoms with E-state index in [0.717, 1.165) is 25.0 Å². The highest BCUT2D eigenvalue weighted by Gasteiger charge is 2.18. The van der Waals surface area contributed by atoms with E-state index in [1.165, 1.54) is 6.07 Å². The van der Waals surface area contributed by atoms with Crippen molar-refractivity contribution < 1.29 is 19.0 Å². The van der Waals surface area contributed by atoms with Gasteiger partial charge in [0, 0.05) is 18.7 Å². The van der Waals surface area contributed by atoms with Crippen LogP contribution in [-0.4, -0.2) is 23.7 Å². The van der Waals surface area contributed by atoms with Gasteiger partial charge in [0.15, 0.2) is 0 Å². The van der Waals surface area contributed by atoms with E-state index in [1.54, 1.807) is 12.1 Å². The molecule has 2 rings (SSSR count). The Labute approximate surface area is 111 Å². The van der Waals surface area contributed by atoms with E-state index in [4.69, 9.17) is 9.84 Å². The molecule has 2 N–H and O–H groups in total. The second kappa shape index (κ2) is 6.63. The number of aliphatic hydroxyl groups excluding tert-OH is 1. The maximum absolute atomic E-state index is 13.2. The second-order valence-electron chi connectivity index (χ2n) is 4.70. The number of carbonyl (C=O) groups excluding carboxylic acids is 1. The Morgan fingerprint density at radius 2 is 2.37 bits per heavy atom. The van der Waals surface area contributed by atoms with Gasteiger partial charge >= 0.3 is 0 Å². The lowest BCUT2D eigenvalue weighted by Crippen LogP contribution is -2.26. The number of nitrogens with one attached hydrogen (secondary N) is 1. The summed E-state index contributed by atoms with van der Waals surface area (Å²) in [5.41, 5.74) is 1.01. The fraction of sp³-hybridized carbons (Fsp3) is 0.500. The fourth-order valence-electron chi connectivity index (χ4n) is 2.14. The van der Waals surface area contributed by atoms with Crippen molar-refractivity contribution >= 4 is 5.91 Å². The average Bonchev–Trinajstić information content (AvgIpc) is 2.90. The van der Waals surface area contributed by atoms with Gasteiger partial charge < -0.3 is 15.2 Å². The zero-order valence-electron chi connectivity index (χ0n) is 10.7. The third kappa shape index (κ3) is 4.01. The molecule has 0 radical (unpaired) electrons. The number of aliphatic hydroxyl groups is 1. The van der Waals surface area contributed by atoms with E-state index in [9.17, 15) is 9.18 Å². The second-order valence-corrected chi connectivity index (χ2v) is 4.70. The van der Waals surface area contributed by atoms with Crippen LogP contribution in [0.2, 0.25) is 0 Å². The minimum atomic E-state index is -0.433. The quantitative estimate of drug-likeness (QED) is 0.850. The molecule has 0 aromatic heterocycles. The topological polar surface area (TPSA) is 58.6 Å². The van der Waals surface area contributed by atoms with Crippen molar-refractivity contribution in [3.63, 3.8) is 0 Å². The Balaban J connectivity index is 1.82. The first-order valence-corrected chi connectivity index (χ1v) is 6.45. The van der Waals surface area contributed by atoms with Crippen LogP contribution in [0.15, 0.2) is 18.2 Å². The molecule has 19 heavy (non-hydrogen) atoms. The molecule has 0 saturated carbocycles. The Kier molecular flexibility index (Phi) is 4.87. The number of halogens is 1. The summed E-state index contributed by atoms with van der Waals surface area (Å²) in [6, 6.07) is 4.45. The molecule has 1 aliphatic heterocycles. The van der Waals surface area contributed by atoms with E-state index >= 15 is 0 Å². The molecule has 1 heterocycles. The standard InChI is InChI=1S/C14H18FNO3/c15-13-4-3-10(6-11(13)9-17)8-16-14(18)7-12-2-1-5-19-12/h3-4,6,12,17H,1-2,5,7-9H2,(H,16,18). The molecule has 1 atom stereocenters. The van der Waals surface area contributed by atoms with Gasteiger partial charge in [0.2, 0.25) is 5.91 Å². The first-order valence-electron chi connectivity index (χ1n) is 6.45. The number of hydrogen-bond donors (Lipinski definition) is 2. The number of amides is 1. The monoisotopic (exact) mass is 267 g/mol. The molecule has 104 valence electrons. The van der Waals surface area contributed by atoms with Gasteiger partial charge in [-0.15, -0.1) is 0 Å². The normalized spacial score (nSPS) is 18.5. The molecule has 1 amide bonds. The predicted molar refractivity (Wildman–Crippen MR) is 67.8 cm³/mol. The van der Waals surface area contributed by atoms with Crippen LogP contribution >= 0.6 is 0 Å². The zero-order valence-corrected chi connectivity index (χ0v) is 10.7. The number of hydrogen-bond acceptors (Lipinski definition) is 3. The molecule has 1 aromatic rings. The summed E-state index contributed by atoms with van der Waals surface area (Å²) in [6.07, 6.45) is 2.34. The van der Waals surface area contributed by atoms with E-state index in [-0.39, 0.29) is 24.2 Å². The summed E-state index contributed by atoms with van der Waals surface area (Å²) in [5, 5.41) is 11.7. The number of carbonyl (C=O) groups is 1. The molecule has 0 bridgehead atoms. The molecular formula is C14H18FNO3. The summed E-state index contributed by atoms with van der Waals surface area (Å²) in [6.45, 7) is 0.720. The van der Waals surface area contributed by atoms with Gasteiger partial charge in [0.05, 0.1) is 19.1 Å². The van der Waals surface area contributed by atoms with Crippen LogP contribution in [0.1, 0.15) is 30.4 Å². The van der Waals surface area contributed by atoms with Gasteiger partial charge in [0.25, 0.3) is 0 Å². The van der Waals surface area contributed by atoms with E-state index in [0.29, 0.717) is 13.0 Å². The highest BCUT2D eigenvalue weighted by atomic mass is 19.1. The Morgan fingerprint density at radius 3 is 3.05 bits per heavy atom. The van der Waals surface area contributed by atoms with Crippen molar-refractivity contribution in [1.82, 2.24) is 5.32 Å². The van der Waals surface area contributed by atoms with Crippen molar-refractivity contribution in [2.45, 2.75) is 38.5 Å². The lowest BCUT2D eigenvalue weighted by molar-refractivity contribution is -0.123. The smallest absolute Gasteiger partial charge is 0.222 e. The molecule has 1 aliphatic rings. The zero-order chi connectivity index (χ0) is 13.7. The third-order valence-corrected chi connectivity index (χ3v) is 3.21. The predicted octanol–water partition coefficient (Wildman–Crippen LogP) is 1.50. The van der Waals surface area contributed by atoms with Crippen molar-refractivity contribution in [2.75, 3.05) is 6.61 Å². The molecule has 0 aliphatic carbocycles. The van der Waals surface area contributed by atoms with E-state index in [2.05, 4.69) is 5.32 Å². The number of ether oxygens (including phenoxy) is 1. The number of benzene rings is 1. The summed E-state index contributed by atoms with van der Waals surface area (Å²) in [5.74, 6) is -0.501. The van der Waals surface area contributed by atoms with Crippen LogP contribution in [-0.2, 0) is 22.7 Å². The molecule has 4 nitrogen and oxygen atoms in total. The van der Waals surface area contributed by atoms with Crippen LogP contribution in [0.3, 0.4) is 0 Å². The van der Waals surface area contributed by atoms with Crippen molar-refractivity contribution in [3.8, 4) is 0 Å². The first kappa shape index (κ1) is 14.0. The highest BCUT2D eigenvalue weighted by molar-refractivity contribution is 5.76. The molecule has 5 heteroatoms. The molecule has 1 unspecified atom stereocenters. The summed E-state index contributed by atoms with van der Waals surface area (Å²) >= 11 is 0. The Morgan fingerprint density at radius 1 is 1.53 bits per heavy atom. The van der Waals surface area contributed by atoms with Gasteiger partial charge in [0.1, 0.15) is 5.82 Å². The largest absolute Gasteiger partial charge is 0.392 e. The molecule has 0 spiro atoms. The van der Waals surface area contributed by atoms with Gasteiger partial charge in [-0.05, 0) is 30.5 Å². The summed E-state index contributed by atoms with van der Waals surface area (Å²) in [7, 11) is 0. The first-order chi connectivity index (χ1) is 9.19. The number of rotatable bonds is 5. The molecule has 1 fully saturated rings. The summed E-state index contributed by atoms with van der Waals surface area (Å²) in [4.78, 5) is 11.7. The molecule has 1 saturated heterocycles. The van der Waals surface area contributed by atoms with Crippen molar-refractivity contribution in [2.24, 2.45) is 0 Å². The highest BCUT2D eigenvalue weighted by Crippen LogP contribution is 2.15. The van der Waals surface area contributed by atoms with E-state index in [1.807, 2.05) is 0 Å². The van der Waals surface area contributed by atoms with Gasteiger partial charge in [-0.1, -0.05) is 6.07 Å². The lowest BCUT2D eigenvalue weighted by Gasteiger charge is -2.10. The Hall–Kier alpha value is -1.46. The lowest BCUT2D eigenvalue weighted by atomic mass is 10.1. The van der Waals surface area contributed by atoms with Crippen LogP contribution in [0.25, 0.3) is 0 Å². The Bertz CT molecular complexity index is 444.